The lowest BCUT2D eigenvalue weighted by Crippen LogP contribution is -2.21. The molecule has 0 N–H and O–H groups in total. The Morgan fingerprint density at radius 1 is 1.29 bits per heavy atom. The van der Waals surface area contributed by atoms with Gasteiger partial charge in [0.25, 0.3) is 5.92 Å². The Labute approximate surface area is 116 Å². The largest absolute Gasteiger partial charge is 0.292 e. The number of rotatable bonds is 3. The van der Waals surface area contributed by atoms with Crippen molar-refractivity contribution in [2.75, 3.05) is 0 Å². The number of benzene rings is 1. The summed E-state index contributed by atoms with van der Waals surface area (Å²) in [6.07, 6.45) is 1.40. The zero-order valence-electron chi connectivity index (χ0n) is 8.58. The molecule has 0 radical (unpaired) electrons. The van der Waals surface area contributed by atoms with Gasteiger partial charge in [-0.1, -0.05) is 41.9 Å². The minimum atomic E-state index is -2.96. The molecular weight excluding hydrogens is 360 g/mol. The first kappa shape index (κ1) is 12.8. The molecule has 1 aromatic heterocycles. The van der Waals surface area contributed by atoms with Gasteiger partial charge in [-0.25, -0.2) is 0 Å². The van der Waals surface area contributed by atoms with Gasteiger partial charge in [-0.2, -0.15) is 13.9 Å². The lowest BCUT2D eigenvalue weighted by atomic mass is 10.1. The molecule has 0 saturated carbocycles. The van der Waals surface area contributed by atoms with E-state index in [2.05, 4.69) is 5.10 Å². The number of nitrogens with zero attached hydrogens (tertiary/aromatic N) is 2. The Bertz CT molecular complexity index is 494. The molecule has 0 spiro atoms. The van der Waals surface area contributed by atoms with Crippen molar-refractivity contribution in [3.63, 3.8) is 0 Å². The van der Waals surface area contributed by atoms with Crippen LogP contribution in [-0.4, -0.2) is 9.78 Å². The van der Waals surface area contributed by atoms with Crippen molar-refractivity contribution >= 4 is 34.2 Å². The van der Waals surface area contributed by atoms with E-state index in [1.807, 2.05) is 22.6 Å². The summed E-state index contributed by atoms with van der Waals surface area (Å²) in [6.45, 7) is -0.514. The van der Waals surface area contributed by atoms with Crippen LogP contribution in [0.2, 0.25) is 5.02 Å². The van der Waals surface area contributed by atoms with Crippen molar-refractivity contribution in [3.05, 3.63) is 50.8 Å². The summed E-state index contributed by atoms with van der Waals surface area (Å²) in [4.78, 5) is 0. The molecule has 0 fully saturated rings. The second-order valence-corrected chi connectivity index (χ2v) is 4.96. The van der Waals surface area contributed by atoms with Crippen LogP contribution in [0.15, 0.2) is 36.5 Å². The van der Waals surface area contributed by atoms with E-state index in [0.29, 0.717) is 8.72 Å². The Morgan fingerprint density at radius 3 is 2.47 bits per heavy atom. The first-order valence-electron chi connectivity index (χ1n) is 4.81. The summed E-state index contributed by atoms with van der Waals surface area (Å²) in [5.74, 6) is -2.96. The maximum atomic E-state index is 13.9. The third-order valence-electron chi connectivity index (χ3n) is 2.23. The van der Waals surface area contributed by atoms with Crippen LogP contribution in [0, 0.1) is 3.70 Å². The normalized spacial score (nSPS) is 11.8. The molecule has 0 aliphatic carbocycles. The molecule has 1 heterocycles. The minimum Gasteiger partial charge on any atom is -0.264 e. The molecule has 6 heteroatoms. The zero-order chi connectivity index (χ0) is 12.5. The predicted octanol–water partition coefficient (Wildman–Crippen LogP) is 3.93. The highest BCUT2D eigenvalue weighted by Crippen LogP contribution is 2.30. The molecule has 0 unspecified atom stereocenters. The number of hydrogen-bond donors (Lipinski definition) is 0. The maximum absolute atomic E-state index is 13.9. The zero-order valence-corrected chi connectivity index (χ0v) is 11.5. The molecule has 2 aromatic rings. The van der Waals surface area contributed by atoms with Crippen LogP contribution in [0.3, 0.4) is 0 Å². The fourth-order valence-electron chi connectivity index (χ4n) is 1.43. The van der Waals surface area contributed by atoms with Gasteiger partial charge in [0.15, 0.2) is 0 Å². The van der Waals surface area contributed by atoms with Crippen LogP contribution in [0.1, 0.15) is 5.56 Å². The van der Waals surface area contributed by atoms with E-state index in [4.69, 9.17) is 11.6 Å². The highest BCUT2D eigenvalue weighted by Gasteiger charge is 2.32. The molecule has 2 rings (SSSR count). The third kappa shape index (κ3) is 2.95. The van der Waals surface area contributed by atoms with Crippen LogP contribution in [0.4, 0.5) is 8.78 Å². The molecule has 0 aliphatic heterocycles. The molecule has 0 saturated heterocycles. The van der Waals surface area contributed by atoms with Gasteiger partial charge in [-0.15, -0.1) is 0 Å². The van der Waals surface area contributed by atoms with Crippen molar-refractivity contribution in [3.8, 4) is 0 Å². The first-order valence-corrected chi connectivity index (χ1v) is 6.26. The minimum absolute atomic E-state index is 0.0263. The molecular formula is C11H8ClF2IN2. The van der Waals surface area contributed by atoms with Crippen molar-refractivity contribution in [1.29, 1.82) is 0 Å². The molecule has 0 amide bonds. The van der Waals surface area contributed by atoms with Gasteiger partial charge in [0.1, 0.15) is 10.2 Å². The van der Waals surface area contributed by atoms with Crippen LogP contribution in [0.5, 0.6) is 0 Å². The summed E-state index contributed by atoms with van der Waals surface area (Å²) in [5.41, 5.74) is -0.0263. The molecule has 0 bridgehead atoms. The lowest BCUT2D eigenvalue weighted by Gasteiger charge is -2.16. The quantitative estimate of drug-likeness (QED) is 0.751. The van der Waals surface area contributed by atoms with Crippen molar-refractivity contribution in [2.45, 2.75) is 12.5 Å². The molecule has 17 heavy (non-hydrogen) atoms. The van der Waals surface area contributed by atoms with E-state index in [1.54, 1.807) is 18.2 Å². The molecule has 0 atom stereocenters. The third-order valence-corrected chi connectivity index (χ3v) is 3.62. The van der Waals surface area contributed by atoms with E-state index in [9.17, 15) is 8.78 Å². The van der Waals surface area contributed by atoms with Crippen molar-refractivity contribution < 1.29 is 8.78 Å². The topological polar surface area (TPSA) is 17.8 Å². The maximum Gasteiger partial charge on any atom is 0.292 e. The number of halogens is 4. The summed E-state index contributed by atoms with van der Waals surface area (Å²) in [7, 11) is 0. The Balaban J connectivity index is 2.23. The van der Waals surface area contributed by atoms with E-state index < -0.39 is 12.5 Å². The monoisotopic (exact) mass is 368 g/mol. The molecule has 0 aliphatic rings. The van der Waals surface area contributed by atoms with Crippen LogP contribution in [-0.2, 0) is 12.5 Å². The van der Waals surface area contributed by atoms with Crippen molar-refractivity contribution in [2.24, 2.45) is 0 Å². The molecule has 90 valence electrons. The summed E-state index contributed by atoms with van der Waals surface area (Å²) < 4.78 is 29.4. The standard InChI is InChI=1S/C11H8ClF2IN2/c12-9-6-17(16-10(9)15)7-11(13,14)8-4-2-1-3-5-8/h1-6H,7H2. The predicted molar refractivity (Wildman–Crippen MR) is 70.3 cm³/mol. The summed E-state index contributed by atoms with van der Waals surface area (Å²) in [6, 6.07) is 7.67. The fourth-order valence-corrected chi connectivity index (χ4v) is 2.00. The van der Waals surface area contributed by atoms with Crippen molar-refractivity contribution in [1.82, 2.24) is 9.78 Å². The van der Waals surface area contributed by atoms with Gasteiger partial charge in [0.05, 0.1) is 5.02 Å². The first-order chi connectivity index (χ1) is 7.99. The van der Waals surface area contributed by atoms with Gasteiger partial charge in [0, 0.05) is 11.8 Å². The number of aromatic nitrogens is 2. The molecule has 2 nitrogen and oxygen atoms in total. The molecule has 1 aromatic carbocycles. The number of alkyl halides is 2. The fraction of sp³-hybridized carbons (Fsp3) is 0.182. The lowest BCUT2D eigenvalue weighted by molar-refractivity contribution is -0.0254. The Kier molecular flexibility index (Phi) is 3.67. The average Bonchev–Trinajstić information content (AvgIpc) is 2.58. The Morgan fingerprint density at radius 2 is 1.94 bits per heavy atom. The van der Waals surface area contributed by atoms with Gasteiger partial charge in [0.2, 0.25) is 0 Å². The Hall–Kier alpha value is -0.690. The smallest absolute Gasteiger partial charge is 0.264 e. The van der Waals surface area contributed by atoms with E-state index >= 15 is 0 Å². The summed E-state index contributed by atoms with van der Waals surface area (Å²) in [5, 5.41) is 4.30. The van der Waals surface area contributed by atoms with Gasteiger partial charge >= 0.3 is 0 Å². The second kappa shape index (κ2) is 4.89. The van der Waals surface area contributed by atoms with Crippen LogP contribution >= 0.6 is 34.2 Å². The van der Waals surface area contributed by atoms with Gasteiger partial charge in [-0.05, 0) is 22.6 Å². The SMILES string of the molecule is FC(F)(Cn1cc(Cl)c(I)n1)c1ccccc1. The van der Waals surface area contributed by atoms with Gasteiger partial charge < -0.3 is 0 Å². The van der Waals surface area contributed by atoms with E-state index in [1.165, 1.54) is 18.3 Å². The highest BCUT2D eigenvalue weighted by atomic mass is 127. The second-order valence-electron chi connectivity index (χ2n) is 3.54. The summed E-state index contributed by atoms with van der Waals surface area (Å²) >= 11 is 7.67. The van der Waals surface area contributed by atoms with Crippen LogP contribution < -0.4 is 0 Å². The highest BCUT2D eigenvalue weighted by molar-refractivity contribution is 14.1. The van der Waals surface area contributed by atoms with E-state index in [0.717, 1.165) is 4.68 Å². The van der Waals surface area contributed by atoms with E-state index in [-0.39, 0.29) is 5.56 Å². The number of hydrogen-bond acceptors (Lipinski definition) is 1. The van der Waals surface area contributed by atoms with Gasteiger partial charge in [-0.3, -0.25) is 4.68 Å². The van der Waals surface area contributed by atoms with Crippen LogP contribution in [0.25, 0.3) is 0 Å². The average molecular weight is 369 g/mol.